The van der Waals surface area contributed by atoms with Gasteiger partial charge in [0.05, 0.1) is 18.8 Å². The van der Waals surface area contributed by atoms with E-state index < -0.39 is 6.10 Å². The van der Waals surface area contributed by atoms with Crippen molar-refractivity contribution in [2.75, 3.05) is 6.61 Å². The lowest BCUT2D eigenvalue weighted by Crippen LogP contribution is -2.46. The Bertz CT molecular complexity index is 792. The number of ether oxygens (including phenoxy) is 1. The smallest absolute Gasteiger partial charge is 0.315 e. The van der Waals surface area contributed by atoms with E-state index >= 15 is 0 Å². The number of aliphatic hydroxyl groups is 1. The molecule has 1 aliphatic carbocycles. The first-order chi connectivity index (χ1) is 12.1. The van der Waals surface area contributed by atoms with E-state index in [9.17, 15) is 9.90 Å². The average molecular weight is 338 g/mol. The van der Waals surface area contributed by atoms with Crippen molar-refractivity contribution in [2.24, 2.45) is 0 Å². The highest BCUT2D eigenvalue weighted by atomic mass is 16.5. The Labute approximate surface area is 147 Å². The number of urea groups is 1. The second kappa shape index (κ2) is 6.41. The fourth-order valence-electron chi connectivity index (χ4n) is 3.84. The topological polar surface area (TPSA) is 70.6 Å². The molecule has 4 rings (SSSR count). The highest BCUT2D eigenvalue weighted by molar-refractivity contribution is 5.75. The van der Waals surface area contributed by atoms with Crippen LogP contribution in [0.2, 0.25) is 0 Å². The Kier molecular flexibility index (Phi) is 4.09. The minimum atomic E-state index is -0.589. The molecule has 3 N–H and O–H groups in total. The number of hydrogen-bond acceptors (Lipinski definition) is 3. The normalized spacial score (nSPS) is 24.8. The van der Waals surface area contributed by atoms with Gasteiger partial charge in [-0.15, -0.1) is 0 Å². The molecule has 0 saturated heterocycles. The second-order valence-electron chi connectivity index (χ2n) is 6.81. The molecule has 0 saturated carbocycles. The number of benzene rings is 2. The van der Waals surface area contributed by atoms with Crippen molar-refractivity contribution in [1.29, 1.82) is 0 Å². The van der Waals surface area contributed by atoms with E-state index in [0.717, 1.165) is 22.4 Å². The van der Waals surface area contributed by atoms with Crippen molar-refractivity contribution in [3.05, 3.63) is 65.2 Å². The van der Waals surface area contributed by atoms with Gasteiger partial charge in [-0.25, -0.2) is 4.79 Å². The van der Waals surface area contributed by atoms with Crippen LogP contribution in [-0.2, 0) is 6.42 Å². The summed E-state index contributed by atoms with van der Waals surface area (Å²) in [7, 11) is 0. The number of para-hydroxylation sites is 1. The lowest BCUT2D eigenvalue weighted by molar-refractivity contribution is 0.141. The number of fused-ring (bicyclic) bond motifs is 2. The van der Waals surface area contributed by atoms with Crippen LogP contribution >= 0.6 is 0 Å². The summed E-state index contributed by atoms with van der Waals surface area (Å²) in [5, 5.41) is 16.2. The number of rotatable bonds is 3. The summed E-state index contributed by atoms with van der Waals surface area (Å²) >= 11 is 0. The molecule has 2 aromatic carbocycles. The SMILES string of the molecule is CC(NC(=O)NC1c2ccccc2CC1O)C1COc2ccccc21. The van der Waals surface area contributed by atoms with Crippen molar-refractivity contribution in [2.45, 2.75) is 37.5 Å². The second-order valence-corrected chi connectivity index (χ2v) is 6.81. The summed E-state index contributed by atoms with van der Waals surface area (Å²) in [5.74, 6) is 1.02. The van der Waals surface area contributed by atoms with Crippen LogP contribution in [0, 0.1) is 0 Å². The lowest BCUT2D eigenvalue weighted by atomic mass is 9.94. The number of carbonyl (C=O) groups excluding carboxylic acids is 1. The van der Waals surface area contributed by atoms with Crippen molar-refractivity contribution >= 4 is 6.03 Å². The van der Waals surface area contributed by atoms with Crippen LogP contribution in [0.25, 0.3) is 0 Å². The largest absolute Gasteiger partial charge is 0.493 e. The molecule has 2 aliphatic rings. The molecule has 0 aromatic heterocycles. The van der Waals surface area contributed by atoms with E-state index in [4.69, 9.17) is 4.74 Å². The Morgan fingerprint density at radius 3 is 2.72 bits per heavy atom. The van der Waals surface area contributed by atoms with Crippen LogP contribution in [0.5, 0.6) is 5.75 Å². The number of amides is 2. The number of nitrogens with one attached hydrogen (secondary N) is 2. The first-order valence-electron chi connectivity index (χ1n) is 8.68. The Hall–Kier alpha value is -2.53. The molecule has 5 nitrogen and oxygen atoms in total. The summed E-state index contributed by atoms with van der Waals surface area (Å²) in [5.41, 5.74) is 3.21. The van der Waals surface area contributed by atoms with Crippen LogP contribution in [0.4, 0.5) is 4.79 Å². The van der Waals surface area contributed by atoms with Gasteiger partial charge >= 0.3 is 6.03 Å². The van der Waals surface area contributed by atoms with E-state index in [0.29, 0.717) is 13.0 Å². The lowest BCUT2D eigenvalue weighted by Gasteiger charge is -2.23. The van der Waals surface area contributed by atoms with Gasteiger partial charge in [-0.3, -0.25) is 0 Å². The highest BCUT2D eigenvalue weighted by Crippen LogP contribution is 2.35. The van der Waals surface area contributed by atoms with E-state index in [1.165, 1.54) is 0 Å². The molecule has 0 fully saturated rings. The third-order valence-electron chi connectivity index (χ3n) is 5.19. The predicted molar refractivity (Wildman–Crippen MR) is 94.7 cm³/mol. The zero-order chi connectivity index (χ0) is 17.4. The molecule has 2 aromatic rings. The van der Waals surface area contributed by atoms with Gasteiger partial charge in [0, 0.05) is 23.9 Å². The standard InChI is InChI=1S/C20H22N2O3/c1-12(16-11-25-18-9-5-4-8-15(16)18)21-20(24)22-19-14-7-3-2-6-13(14)10-17(19)23/h2-9,12,16-17,19,23H,10-11H2,1H3,(H2,21,22,24). The molecule has 1 heterocycles. The summed E-state index contributed by atoms with van der Waals surface area (Å²) < 4.78 is 5.70. The first kappa shape index (κ1) is 16.0. The van der Waals surface area contributed by atoms with Crippen LogP contribution < -0.4 is 15.4 Å². The molecule has 0 radical (unpaired) electrons. The first-order valence-corrected chi connectivity index (χ1v) is 8.68. The summed E-state index contributed by atoms with van der Waals surface area (Å²) in [6.45, 7) is 2.55. The highest BCUT2D eigenvalue weighted by Gasteiger charge is 2.33. The monoisotopic (exact) mass is 338 g/mol. The van der Waals surface area contributed by atoms with Crippen molar-refractivity contribution in [3.8, 4) is 5.75 Å². The number of hydrogen-bond donors (Lipinski definition) is 3. The number of carbonyl (C=O) groups is 1. The average Bonchev–Trinajstić information content (AvgIpc) is 3.16. The van der Waals surface area contributed by atoms with Crippen molar-refractivity contribution in [3.63, 3.8) is 0 Å². The van der Waals surface area contributed by atoms with E-state index in [-0.39, 0.29) is 24.0 Å². The Morgan fingerprint density at radius 2 is 1.88 bits per heavy atom. The van der Waals surface area contributed by atoms with E-state index in [1.807, 2.05) is 55.5 Å². The van der Waals surface area contributed by atoms with Gasteiger partial charge in [0.2, 0.25) is 0 Å². The van der Waals surface area contributed by atoms with E-state index in [2.05, 4.69) is 10.6 Å². The quantitative estimate of drug-likeness (QED) is 0.805. The molecule has 0 bridgehead atoms. The van der Waals surface area contributed by atoms with Gasteiger partial charge in [-0.05, 0) is 24.1 Å². The van der Waals surface area contributed by atoms with Crippen LogP contribution in [-0.4, -0.2) is 29.9 Å². The maximum atomic E-state index is 12.5. The maximum absolute atomic E-state index is 12.5. The van der Waals surface area contributed by atoms with Crippen molar-refractivity contribution < 1.29 is 14.6 Å². The van der Waals surface area contributed by atoms with Gasteiger partial charge < -0.3 is 20.5 Å². The third-order valence-corrected chi connectivity index (χ3v) is 5.19. The zero-order valence-electron chi connectivity index (χ0n) is 14.1. The molecular weight excluding hydrogens is 316 g/mol. The third kappa shape index (κ3) is 2.96. The van der Waals surface area contributed by atoms with E-state index in [1.54, 1.807) is 0 Å². The fourth-order valence-corrected chi connectivity index (χ4v) is 3.84. The maximum Gasteiger partial charge on any atom is 0.315 e. The van der Waals surface area contributed by atoms with Gasteiger partial charge in [-0.1, -0.05) is 42.5 Å². The minimum Gasteiger partial charge on any atom is -0.493 e. The molecule has 4 atom stereocenters. The summed E-state index contributed by atoms with van der Waals surface area (Å²) in [6, 6.07) is 15.1. The molecule has 25 heavy (non-hydrogen) atoms. The fraction of sp³-hybridized carbons (Fsp3) is 0.350. The van der Waals surface area contributed by atoms with Gasteiger partial charge in [0.1, 0.15) is 5.75 Å². The summed E-state index contributed by atoms with van der Waals surface area (Å²) in [6.07, 6.45) is -0.0189. The Morgan fingerprint density at radius 1 is 1.16 bits per heavy atom. The van der Waals surface area contributed by atoms with Crippen LogP contribution in [0.15, 0.2) is 48.5 Å². The predicted octanol–water partition coefficient (Wildman–Crippen LogP) is 2.51. The molecule has 5 heteroatoms. The molecule has 0 spiro atoms. The molecule has 1 aliphatic heterocycles. The van der Waals surface area contributed by atoms with Gasteiger partial charge in [0.15, 0.2) is 0 Å². The van der Waals surface area contributed by atoms with Gasteiger partial charge in [-0.2, -0.15) is 0 Å². The molecule has 4 unspecified atom stereocenters. The Balaban J connectivity index is 1.41. The minimum absolute atomic E-state index is 0.0718. The van der Waals surface area contributed by atoms with Gasteiger partial charge in [0.25, 0.3) is 0 Å². The summed E-state index contributed by atoms with van der Waals surface area (Å²) in [4.78, 5) is 12.5. The molecule has 2 amide bonds. The van der Waals surface area contributed by atoms with Crippen molar-refractivity contribution in [1.82, 2.24) is 10.6 Å². The number of aliphatic hydroxyl groups excluding tert-OH is 1. The van der Waals surface area contributed by atoms with Crippen LogP contribution in [0.3, 0.4) is 0 Å². The molecule has 130 valence electrons. The zero-order valence-corrected chi connectivity index (χ0v) is 14.1. The van der Waals surface area contributed by atoms with Crippen LogP contribution in [0.1, 0.15) is 35.6 Å². The molecular formula is C20H22N2O3.